The van der Waals surface area contributed by atoms with Crippen molar-refractivity contribution in [3.05, 3.63) is 36.5 Å². The molecule has 0 atom stereocenters. The molecule has 1 saturated heterocycles. The molecule has 7 heteroatoms. The Morgan fingerprint density at radius 3 is 2.55 bits per heavy atom. The fourth-order valence-corrected chi connectivity index (χ4v) is 4.36. The van der Waals surface area contributed by atoms with Crippen molar-refractivity contribution in [3.63, 3.8) is 0 Å². The van der Waals surface area contributed by atoms with E-state index in [0.29, 0.717) is 13.1 Å². The summed E-state index contributed by atoms with van der Waals surface area (Å²) in [5.74, 6) is 0. The van der Waals surface area contributed by atoms with Crippen LogP contribution in [-0.2, 0) is 10.0 Å². The molecule has 118 valence electrons. The molecule has 1 aliphatic rings. The van der Waals surface area contributed by atoms with Crippen molar-refractivity contribution >= 4 is 26.5 Å². The summed E-state index contributed by atoms with van der Waals surface area (Å²) in [4.78, 5) is 5.57. The number of thiazole rings is 1. The SMILES string of the molecule is CS(=O)(=O)N1CCC(Nc2ncc(-c3ccccc3)s2)CC1. The topological polar surface area (TPSA) is 62.3 Å². The smallest absolute Gasteiger partial charge is 0.211 e. The van der Waals surface area contributed by atoms with Crippen LogP contribution in [0.2, 0.25) is 0 Å². The molecule has 5 nitrogen and oxygen atoms in total. The van der Waals surface area contributed by atoms with Gasteiger partial charge in [-0.25, -0.2) is 17.7 Å². The van der Waals surface area contributed by atoms with Gasteiger partial charge in [0.15, 0.2) is 5.13 Å². The van der Waals surface area contributed by atoms with Gasteiger partial charge in [-0.2, -0.15) is 0 Å². The molecule has 0 aliphatic carbocycles. The van der Waals surface area contributed by atoms with Crippen LogP contribution in [0, 0.1) is 0 Å². The highest BCUT2D eigenvalue weighted by molar-refractivity contribution is 7.88. The second-order valence-electron chi connectivity index (χ2n) is 5.48. The Bertz CT molecular complexity index is 720. The first kappa shape index (κ1) is 15.5. The monoisotopic (exact) mass is 337 g/mol. The lowest BCUT2D eigenvalue weighted by atomic mass is 10.1. The maximum Gasteiger partial charge on any atom is 0.211 e. The van der Waals surface area contributed by atoms with E-state index in [-0.39, 0.29) is 6.04 Å². The summed E-state index contributed by atoms with van der Waals surface area (Å²) in [5.41, 5.74) is 1.17. The normalized spacial score (nSPS) is 17.5. The fraction of sp³-hybridized carbons (Fsp3) is 0.400. The van der Waals surface area contributed by atoms with E-state index in [1.807, 2.05) is 24.4 Å². The Labute approximate surface area is 135 Å². The summed E-state index contributed by atoms with van der Waals surface area (Å²) in [7, 11) is -3.06. The zero-order valence-corrected chi connectivity index (χ0v) is 14.0. The van der Waals surface area contributed by atoms with Crippen LogP contribution in [0.1, 0.15) is 12.8 Å². The van der Waals surface area contributed by atoms with Crippen molar-refractivity contribution in [2.45, 2.75) is 18.9 Å². The molecule has 1 aromatic carbocycles. The lowest BCUT2D eigenvalue weighted by molar-refractivity contribution is 0.332. The number of hydrogen-bond donors (Lipinski definition) is 1. The predicted molar refractivity (Wildman–Crippen MR) is 90.6 cm³/mol. The van der Waals surface area contributed by atoms with Crippen molar-refractivity contribution < 1.29 is 8.42 Å². The Balaban J connectivity index is 1.60. The zero-order valence-electron chi connectivity index (χ0n) is 12.4. The van der Waals surface area contributed by atoms with Gasteiger partial charge < -0.3 is 5.32 Å². The van der Waals surface area contributed by atoms with Crippen LogP contribution in [0.3, 0.4) is 0 Å². The lowest BCUT2D eigenvalue weighted by Crippen LogP contribution is -2.41. The van der Waals surface area contributed by atoms with Crippen molar-refractivity contribution in [1.29, 1.82) is 0 Å². The minimum absolute atomic E-state index is 0.285. The van der Waals surface area contributed by atoms with E-state index in [1.54, 1.807) is 15.6 Å². The number of nitrogens with one attached hydrogen (secondary N) is 1. The van der Waals surface area contributed by atoms with Crippen LogP contribution in [0.4, 0.5) is 5.13 Å². The van der Waals surface area contributed by atoms with Crippen LogP contribution < -0.4 is 5.32 Å². The molecule has 0 unspecified atom stereocenters. The van der Waals surface area contributed by atoms with E-state index < -0.39 is 10.0 Å². The maximum absolute atomic E-state index is 11.5. The number of nitrogens with zero attached hydrogens (tertiary/aromatic N) is 2. The van der Waals surface area contributed by atoms with Crippen LogP contribution in [0.5, 0.6) is 0 Å². The number of hydrogen-bond acceptors (Lipinski definition) is 5. The number of piperidine rings is 1. The van der Waals surface area contributed by atoms with Gasteiger partial charge in [0.2, 0.25) is 10.0 Å². The fourth-order valence-electron chi connectivity index (χ4n) is 2.58. The molecule has 0 radical (unpaired) electrons. The van der Waals surface area contributed by atoms with Gasteiger partial charge in [0.05, 0.1) is 11.1 Å². The van der Waals surface area contributed by atoms with E-state index in [4.69, 9.17) is 0 Å². The first-order chi connectivity index (χ1) is 10.5. The third-order valence-corrected chi connectivity index (χ3v) is 6.10. The molecular formula is C15H19N3O2S2. The van der Waals surface area contributed by atoms with E-state index >= 15 is 0 Å². The van der Waals surface area contributed by atoms with Crippen molar-refractivity contribution in [2.24, 2.45) is 0 Å². The minimum atomic E-state index is -3.06. The first-order valence-electron chi connectivity index (χ1n) is 7.25. The lowest BCUT2D eigenvalue weighted by Gasteiger charge is -2.30. The molecule has 2 heterocycles. The molecular weight excluding hydrogens is 318 g/mol. The summed E-state index contributed by atoms with van der Waals surface area (Å²) in [6.07, 6.45) is 4.78. The van der Waals surface area contributed by atoms with Gasteiger partial charge >= 0.3 is 0 Å². The van der Waals surface area contributed by atoms with Crippen molar-refractivity contribution in [2.75, 3.05) is 24.7 Å². The first-order valence-corrected chi connectivity index (χ1v) is 9.92. The molecule has 0 amide bonds. The molecule has 3 rings (SSSR count). The van der Waals surface area contributed by atoms with Crippen LogP contribution in [-0.4, -0.2) is 43.1 Å². The average molecular weight is 337 g/mol. The van der Waals surface area contributed by atoms with E-state index in [2.05, 4.69) is 22.4 Å². The van der Waals surface area contributed by atoms with E-state index in [0.717, 1.165) is 22.9 Å². The summed E-state index contributed by atoms with van der Waals surface area (Å²) in [6.45, 7) is 1.15. The van der Waals surface area contributed by atoms with Gasteiger partial charge in [-0.15, -0.1) is 0 Å². The van der Waals surface area contributed by atoms with Crippen molar-refractivity contribution in [3.8, 4) is 10.4 Å². The largest absolute Gasteiger partial charge is 0.359 e. The summed E-state index contributed by atoms with van der Waals surface area (Å²) < 4.78 is 24.6. The number of rotatable bonds is 4. The predicted octanol–water partition coefficient (Wildman–Crippen LogP) is 2.65. The Morgan fingerprint density at radius 2 is 1.91 bits per heavy atom. The molecule has 1 aromatic heterocycles. The highest BCUT2D eigenvalue weighted by Gasteiger charge is 2.25. The van der Waals surface area contributed by atoms with Gasteiger partial charge in [0.1, 0.15) is 0 Å². The van der Waals surface area contributed by atoms with Crippen molar-refractivity contribution in [1.82, 2.24) is 9.29 Å². The Morgan fingerprint density at radius 1 is 1.23 bits per heavy atom. The zero-order chi connectivity index (χ0) is 15.6. The minimum Gasteiger partial charge on any atom is -0.359 e. The second-order valence-corrected chi connectivity index (χ2v) is 8.49. The number of benzene rings is 1. The average Bonchev–Trinajstić information content (AvgIpc) is 2.96. The van der Waals surface area contributed by atoms with Crippen LogP contribution in [0.25, 0.3) is 10.4 Å². The Kier molecular flexibility index (Phi) is 4.46. The standard InChI is InChI=1S/C15H19N3O2S2/c1-22(19,20)18-9-7-13(8-10-18)17-15-16-11-14(21-15)12-5-3-2-4-6-12/h2-6,11,13H,7-10H2,1H3,(H,16,17). The molecule has 22 heavy (non-hydrogen) atoms. The Hall–Kier alpha value is -1.44. The van der Waals surface area contributed by atoms with E-state index in [1.165, 1.54) is 11.8 Å². The highest BCUT2D eigenvalue weighted by Crippen LogP contribution is 2.30. The number of aromatic nitrogens is 1. The summed E-state index contributed by atoms with van der Waals surface area (Å²) >= 11 is 1.63. The van der Waals surface area contributed by atoms with Gasteiger partial charge in [0, 0.05) is 25.3 Å². The van der Waals surface area contributed by atoms with Crippen LogP contribution in [0.15, 0.2) is 36.5 Å². The van der Waals surface area contributed by atoms with Gasteiger partial charge in [-0.05, 0) is 18.4 Å². The second kappa shape index (κ2) is 6.36. The van der Waals surface area contributed by atoms with E-state index in [9.17, 15) is 8.42 Å². The van der Waals surface area contributed by atoms with Gasteiger partial charge in [-0.3, -0.25) is 0 Å². The van der Waals surface area contributed by atoms with Gasteiger partial charge in [0.25, 0.3) is 0 Å². The molecule has 0 saturated carbocycles. The quantitative estimate of drug-likeness (QED) is 0.932. The van der Waals surface area contributed by atoms with Gasteiger partial charge in [-0.1, -0.05) is 41.7 Å². The molecule has 1 N–H and O–H groups in total. The summed E-state index contributed by atoms with van der Waals surface area (Å²) in [6, 6.07) is 10.5. The molecule has 2 aromatic rings. The van der Waals surface area contributed by atoms with Crippen LogP contribution >= 0.6 is 11.3 Å². The maximum atomic E-state index is 11.5. The number of sulfonamides is 1. The summed E-state index contributed by atoms with van der Waals surface area (Å²) in [5, 5.41) is 4.33. The highest BCUT2D eigenvalue weighted by atomic mass is 32.2. The molecule has 0 spiro atoms. The molecule has 0 bridgehead atoms. The molecule has 1 fully saturated rings. The molecule has 1 aliphatic heterocycles. The third-order valence-electron chi connectivity index (χ3n) is 3.81. The third kappa shape index (κ3) is 3.66. The number of anilines is 1.